The number of nitrogens with zero attached hydrogens (tertiary/aromatic N) is 3. The highest BCUT2D eigenvalue weighted by molar-refractivity contribution is 5.86. The number of nitrogens with one attached hydrogen (secondary N) is 1. The first-order valence-corrected chi connectivity index (χ1v) is 13.1. The van der Waals surface area contributed by atoms with Crippen molar-refractivity contribution in [2.75, 3.05) is 0 Å². The first-order valence-electron chi connectivity index (χ1n) is 13.1. The van der Waals surface area contributed by atoms with Crippen molar-refractivity contribution in [3.05, 3.63) is 102 Å². The number of aromatic nitrogens is 3. The topological polar surface area (TPSA) is 103 Å². The van der Waals surface area contributed by atoms with Crippen molar-refractivity contribution in [1.29, 1.82) is 0 Å². The van der Waals surface area contributed by atoms with Crippen LogP contribution in [-0.4, -0.2) is 32.6 Å². The standard InChI is InChI=1S/C31H35N5O2/c1-22(2)24-14-16-26(17-15-24)36-27(20-28(35-36)25-11-8-18-33-21-25)12-6-7-13-30(37)34-29(31(32)38)19-23-9-4-3-5-10-23/h3-5,8-11,14-18,20-22,29H,6-7,12-13,19H2,1-2H3,(H2,32,38)(H,34,37). The van der Waals surface area contributed by atoms with Gasteiger partial charge in [0.15, 0.2) is 0 Å². The predicted molar refractivity (Wildman–Crippen MR) is 150 cm³/mol. The van der Waals surface area contributed by atoms with Crippen molar-refractivity contribution in [3.8, 4) is 16.9 Å². The molecule has 4 aromatic rings. The molecule has 0 aliphatic carbocycles. The summed E-state index contributed by atoms with van der Waals surface area (Å²) >= 11 is 0. The van der Waals surface area contributed by atoms with E-state index in [1.165, 1.54) is 5.56 Å². The van der Waals surface area contributed by atoms with E-state index in [9.17, 15) is 9.59 Å². The Kier molecular flexibility index (Phi) is 9.03. The fourth-order valence-corrected chi connectivity index (χ4v) is 4.41. The highest BCUT2D eigenvalue weighted by atomic mass is 16.2. The molecule has 7 heteroatoms. The number of aryl methyl sites for hydroxylation is 1. The lowest BCUT2D eigenvalue weighted by Crippen LogP contribution is -2.45. The molecule has 0 spiro atoms. The lowest BCUT2D eigenvalue weighted by atomic mass is 10.0. The molecule has 0 radical (unpaired) electrons. The maximum absolute atomic E-state index is 12.6. The second kappa shape index (κ2) is 12.8. The average Bonchev–Trinajstić information content (AvgIpc) is 3.36. The quantitative estimate of drug-likeness (QED) is 0.263. The van der Waals surface area contributed by atoms with Gasteiger partial charge in [0.1, 0.15) is 6.04 Å². The molecule has 2 heterocycles. The summed E-state index contributed by atoms with van der Waals surface area (Å²) in [5.41, 5.74) is 11.7. The molecule has 0 fully saturated rings. The Balaban J connectivity index is 1.39. The molecule has 0 saturated heterocycles. The SMILES string of the molecule is CC(C)c1ccc(-n2nc(-c3cccnc3)cc2CCCCC(=O)NC(Cc2ccccc2)C(N)=O)cc1. The zero-order valence-corrected chi connectivity index (χ0v) is 22.0. The Labute approximate surface area is 224 Å². The van der Waals surface area contributed by atoms with Gasteiger partial charge in [-0.25, -0.2) is 4.68 Å². The number of hydrogen-bond acceptors (Lipinski definition) is 4. The highest BCUT2D eigenvalue weighted by Crippen LogP contribution is 2.24. The summed E-state index contributed by atoms with van der Waals surface area (Å²) in [7, 11) is 0. The third kappa shape index (κ3) is 7.16. The van der Waals surface area contributed by atoms with Gasteiger partial charge in [-0.1, -0.05) is 56.3 Å². The monoisotopic (exact) mass is 509 g/mol. The van der Waals surface area contributed by atoms with Crippen LogP contribution in [-0.2, 0) is 22.4 Å². The molecule has 0 saturated carbocycles. The number of rotatable bonds is 12. The number of benzene rings is 2. The Bertz CT molecular complexity index is 1330. The van der Waals surface area contributed by atoms with Crippen LogP contribution in [0, 0.1) is 0 Å². The van der Waals surface area contributed by atoms with Crippen molar-refractivity contribution < 1.29 is 9.59 Å². The van der Waals surface area contributed by atoms with Crippen LogP contribution in [0.25, 0.3) is 16.9 Å². The normalized spacial score (nSPS) is 11.9. The minimum absolute atomic E-state index is 0.168. The number of primary amides is 1. The zero-order chi connectivity index (χ0) is 26.9. The van der Waals surface area contributed by atoms with E-state index in [1.807, 2.05) is 53.3 Å². The molecule has 2 amide bonds. The molecule has 2 aromatic carbocycles. The average molecular weight is 510 g/mol. The Morgan fingerprint density at radius 1 is 0.974 bits per heavy atom. The lowest BCUT2D eigenvalue weighted by Gasteiger charge is -2.15. The van der Waals surface area contributed by atoms with E-state index in [-0.39, 0.29) is 5.91 Å². The van der Waals surface area contributed by atoms with Crippen LogP contribution in [0.15, 0.2) is 85.2 Å². The van der Waals surface area contributed by atoms with Crippen molar-refractivity contribution >= 4 is 11.8 Å². The van der Waals surface area contributed by atoms with Crippen molar-refractivity contribution in [2.24, 2.45) is 5.73 Å². The number of carbonyl (C=O) groups is 2. The summed E-state index contributed by atoms with van der Waals surface area (Å²) < 4.78 is 1.98. The molecule has 7 nitrogen and oxygen atoms in total. The van der Waals surface area contributed by atoms with E-state index < -0.39 is 11.9 Å². The van der Waals surface area contributed by atoms with Crippen LogP contribution < -0.4 is 11.1 Å². The van der Waals surface area contributed by atoms with E-state index >= 15 is 0 Å². The van der Waals surface area contributed by atoms with Gasteiger partial charge in [-0.15, -0.1) is 0 Å². The van der Waals surface area contributed by atoms with E-state index in [4.69, 9.17) is 10.8 Å². The molecule has 38 heavy (non-hydrogen) atoms. The zero-order valence-electron chi connectivity index (χ0n) is 22.0. The van der Waals surface area contributed by atoms with E-state index in [0.717, 1.165) is 41.0 Å². The molecule has 4 rings (SSSR count). The molecule has 1 unspecified atom stereocenters. The first kappa shape index (κ1) is 26.8. The molecular weight excluding hydrogens is 474 g/mol. The summed E-state index contributed by atoms with van der Waals surface area (Å²) in [4.78, 5) is 28.7. The summed E-state index contributed by atoms with van der Waals surface area (Å²) in [6, 6.07) is 23.3. The van der Waals surface area contributed by atoms with Gasteiger partial charge in [0.05, 0.1) is 11.4 Å². The van der Waals surface area contributed by atoms with E-state index in [0.29, 0.717) is 25.2 Å². The third-order valence-electron chi connectivity index (χ3n) is 6.59. The van der Waals surface area contributed by atoms with Crippen LogP contribution in [0.3, 0.4) is 0 Å². The minimum atomic E-state index is -0.720. The van der Waals surface area contributed by atoms with Gasteiger partial charge in [-0.3, -0.25) is 14.6 Å². The Hall–Kier alpha value is -4.26. The third-order valence-corrected chi connectivity index (χ3v) is 6.59. The fourth-order valence-electron chi connectivity index (χ4n) is 4.41. The van der Waals surface area contributed by atoms with Gasteiger partial charge in [0.2, 0.25) is 11.8 Å². The van der Waals surface area contributed by atoms with Gasteiger partial charge in [0.25, 0.3) is 0 Å². The molecule has 2 aromatic heterocycles. The van der Waals surface area contributed by atoms with Gasteiger partial charge < -0.3 is 11.1 Å². The number of pyridine rings is 1. The summed E-state index contributed by atoms with van der Waals surface area (Å²) in [5, 5.41) is 7.69. The van der Waals surface area contributed by atoms with Crippen molar-refractivity contribution in [3.63, 3.8) is 0 Å². The Morgan fingerprint density at radius 2 is 1.74 bits per heavy atom. The van der Waals surface area contributed by atoms with Crippen LogP contribution >= 0.6 is 0 Å². The van der Waals surface area contributed by atoms with Gasteiger partial charge in [-0.05, 0) is 66.6 Å². The van der Waals surface area contributed by atoms with Crippen LogP contribution in [0.2, 0.25) is 0 Å². The minimum Gasteiger partial charge on any atom is -0.368 e. The van der Waals surface area contributed by atoms with E-state index in [2.05, 4.69) is 54.5 Å². The van der Waals surface area contributed by atoms with Crippen LogP contribution in [0.1, 0.15) is 55.8 Å². The first-order chi connectivity index (χ1) is 18.4. The van der Waals surface area contributed by atoms with Gasteiger partial charge in [0, 0.05) is 36.5 Å². The second-order valence-electron chi connectivity index (χ2n) is 9.84. The molecule has 196 valence electrons. The largest absolute Gasteiger partial charge is 0.368 e. The predicted octanol–water partition coefficient (Wildman–Crippen LogP) is 4.98. The molecular formula is C31H35N5O2. The summed E-state index contributed by atoms with van der Waals surface area (Å²) in [6.07, 6.45) is 6.51. The smallest absolute Gasteiger partial charge is 0.240 e. The molecule has 3 N–H and O–H groups in total. The maximum atomic E-state index is 12.6. The molecule has 1 atom stereocenters. The Morgan fingerprint density at radius 3 is 2.39 bits per heavy atom. The van der Waals surface area contributed by atoms with Crippen LogP contribution in [0.4, 0.5) is 0 Å². The molecule has 0 aliphatic heterocycles. The number of hydrogen-bond donors (Lipinski definition) is 2. The summed E-state index contributed by atoms with van der Waals surface area (Å²) in [5.74, 6) is -0.240. The van der Waals surface area contributed by atoms with Crippen LogP contribution in [0.5, 0.6) is 0 Å². The van der Waals surface area contributed by atoms with Crippen molar-refractivity contribution in [2.45, 2.75) is 57.9 Å². The van der Waals surface area contributed by atoms with Gasteiger partial charge in [-0.2, -0.15) is 5.10 Å². The number of carbonyl (C=O) groups excluding carboxylic acids is 2. The highest BCUT2D eigenvalue weighted by Gasteiger charge is 2.18. The molecule has 0 bridgehead atoms. The maximum Gasteiger partial charge on any atom is 0.240 e. The number of nitrogens with two attached hydrogens (primary N) is 1. The molecule has 0 aliphatic rings. The summed E-state index contributed by atoms with van der Waals surface area (Å²) in [6.45, 7) is 4.36. The van der Waals surface area contributed by atoms with Crippen molar-refractivity contribution in [1.82, 2.24) is 20.1 Å². The van der Waals surface area contributed by atoms with E-state index in [1.54, 1.807) is 6.20 Å². The van der Waals surface area contributed by atoms with Gasteiger partial charge >= 0.3 is 0 Å². The lowest BCUT2D eigenvalue weighted by molar-refractivity contribution is -0.127. The number of unbranched alkanes of at least 4 members (excludes halogenated alkanes) is 1. The second-order valence-corrected chi connectivity index (χ2v) is 9.84. The fraction of sp³-hybridized carbons (Fsp3) is 0.290. The number of amides is 2.